The van der Waals surface area contributed by atoms with Crippen molar-refractivity contribution in [3.8, 4) is 0 Å². The lowest BCUT2D eigenvalue weighted by molar-refractivity contribution is -0.134. The maximum Gasteiger partial charge on any atom is 0.300 e. The van der Waals surface area contributed by atoms with E-state index in [0.29, 0.717) is 6.42 Å². The van der Waals surface area contributed by atoms with Gasteiger partial charge in [0.05, 0.1) is 4.90 Å². The van der Waals surface area contributed by atoms with Gasteiger partial charge in [-0.05, 0) is 24.5 Å². The van der Waals surface area contributed by atoms with Crippen LogP contribution in [0.2, 0.25) is 0 Å². The number of benzene rings is 1. The van der Waals surface area contributed by atoms with Crippen LogP contribution in [0.5, 0.6) is 0 Å². The maximum atomic E-state index is 11.3. The Bertz CT molecular complexity index is 592. The molecule has 0 aromatic heterocycles. The average molecular weight is 387 g/mol. The second-order valence-electron chi connectivity index (χ2n) is 6.53. The molecule has 0 bridgehead atoms. The Hall–Kier alpha value is -1.40. The molecular formula is C20H34O5S. The van der Waals surface area contributed by atoms with Gasteiger partial charge in [0, 0.05) is 6.92 Å². The molecule has 26 heavy (non-hydrogen) atoms. The van der Waals surface area contributed by atoms with Crippen molar-refractivity contribution in [1.82, 2.24) is 0 Å². The molecule has 0 aliphatic rings. The summed E-state index contributed by atoms with van der Waals surface area (Å²) in [5, 5.41) is 7.42. The lowest BCUT2D eigenvalue weighted by Gasteiger charge is -2.07. The van der Waals surface area contributed by atoms with Gasteiger partial charge >= 0.3 is 0 Å². The Morgan fingerprint density at radius 3 is 1.77 bits per heavy atom. The summed E-state index contributed by atoms with van der Waals surface area (Å²) in [6.07, 6.45) is 13.3. The standard InChI is InChI=1S/C18H30O3S.C2H4O2/c1-2-3-4-5-6-7-8-9-10-11-14-17-15-12-13-16-18(17)22(19,20)21;1-2(3)4/h12-13,15-16H,2-11,14H2,1H3,(H,19,20,21);1H3,(H,3,4). The molecule has 0 unspecified atom stereocenters. The van der Waals surface area contributed by atoms with Gasteiger partial charge < -0.3 is 5.11 Å². The molecule has 1 aromatic carbocycles. The highest BCUT2D eigenvalue weighted by Gasteiger charge is 2.13. The summed E-state index contributed by atoms with van der Waals surface area (Å²) in [6, 6.07) is 6.73. The Labute approximate surface area is 158 Å². The van der Waals surface area contributed by atoms with Crippen molar-refractivity contribution in [2.75, 3.05) is 0 Å². The van der Waals surface area contributed by atoms with E-state index in [1.807, 2.05) is 6.07 Å². The lowest BCUT2D eigenvalue weighted by Crippen LogP contribution is -2.03. The molecule has 6 heteroatoms. The summed E-state index contributed by atoms with van der Waals surface area (Å²) in [5.41, 5.74) is 0.726. The van der Waals surface area contributed by atoms with Crippen LogP contribution in [0.25, 0.3) is 0 Å². The maximum absolute atomic E-state index is 11.3. The second kappa shape index (κ2) is 14.7. The number of hydrogen-bond donors (Lipinski definition) is 2. The van der Waals surface area contributed by atoms with Gasteiger partial charge in [0.25, 0.3) is 16.1 Å². The predicted molar refractivity (Wildman–Crippen MR) is 105 cm³/mol. The summed E-state index contributed by atoms with van der Waals surface area (Å²) >= 11 is 0. The molecule has 0 saturated heterocycles. The molecule has 1 aromatic rings. The fourth-order valence-electron chi connectivity index (χ4n) is 2.76. The molecular weight excluding hydrogens is 352 g/mol. The summed E-state index contributed by atoms with van der Waals surface area (Å²) in [7, 11) is -4.10. The Morgan fingerprint density at radius 2 is 1.31 bits per heavy atom. The molecule has 0 heterocycles. The fourth-order valence-corrected chi connectivity index (χ4v) is 3.52. The van der Waals surface area contributed by atoms with E-state index in [1.54, 1.807) is 12.1 Å². The number of carboxylic acids is 1. The van der Waals surface area contributed by atoms with Gasteiger partial charge in [0.15, 0.2) is 0 Å². The molecule has 150 valence electrons. The van der Waals surface area contributed by atoms with Gasteiger partial charge in [-0.25, -0.2) is 0 Å². The van der Waals surface area contributed by atoms with Crippen LogP contribution in [0.1, 0.15) is 83.6 Å². The van der Waals surface area contributed by atoms with Crippen LogP contribution in [0.3, 0.4) is 0 Å². The quantitative estimate of drug-likeness (QED) is 0.366. The molecule has 0 fully saturated rings. The van der Waals surface area contributed by atoms with E-state index in [4.69, 9.17) is 9.90 Å². The van der Waals surface area contributed by atoms with E-state index >= 15 is 0 Å². The molecule has 0 atom stereocenters. The summed E-state index contributed by atoms with van der Waals surface area (Å²) in [5.74, 6) is -0.833. The van der Waals surface area contributed by atoms with Crippen molar-refractivity contribution in [2.45, 2.75) is 89.4 Å². The van der Waals surface area contributed by atoms with E-state index in [0.717, 1.165) is 25.3 Å². The highest BCUT2D eigenvalue weighted by Crippen LogP contribution is 2.18. The minimum Gasteiger partial charge on any atom is -0.481 e. The topological polar surface area (TPSA) is 91.7 Å². The third-order valence-corrected chi connectivity index (χ3v) is 5.00. The largest absolute Gasteiger partial charge is 0.481 e. The molecule has 0 aliphatic carbocycles. The van der Waals surface area contributed by atoms with Crippen molar-refractivity contribution in [3.63, 3.8) is 0 Å². The first-order valence-corrected chi connectivity index (χ1v) is 11.0. The van der Waals surface area contributed by atoms with Crippen molar-refractivity contribution in [2.24, 2.45) is 0 Å². The zero-order chi connectivity index (χ0) is 19.8. The lowest BCUT2D eigenvalue weighted by atomic mass is 10.0. The zero-order valence-corrected chi connectivity index (χ0v) is 16.9. The number of hydrogen-bond acceptors (Lipinski definition) is 3. The molecule has 1 rings (SSSR count). The van der Waals surface area contributed by atoms with Gasteiger partial charge in [-0.3, -0.25) is 9.35 Å². The Kier molecular flexibility index (Phi) is 13.9. The van der Waals surface area contributed by atoms with E-state index in [2.05, 4.69) is 6.92 Å². The van der Waals surface area contributed by atoms with Crippen LogP contribution >= 0.6 is 0 Å². The van der Waals surface area contributed by atoms with Crippen LogP contribution < -0.4 is 0 Å². The van der Waals surface area contributed by atoms with E-state index in [9.17, 15) is 13.0 Å². The van der Waals surface area contributed by atoms with Gasteiger partial charge in [-0.2, -0.15) is 8.42 Å². The van der Waals surface area contributed by atoms with E-state index in [1.165, 1.54) is 57.4 Å². The highest BCUT2D eigenvalue weighted by atomic mass is 32.2. The van der Waals surface area contributed by atoms with Gasteiger partial charge in [0.1, 0.15) is 0 Å². The SMILES string of the molecule is CC(=O)O.CCCCCCCCCCCCc1ccccc1S(=O)(=O)O. The van der Waals surface area contributed by atoms with Crippen LogP contribution in [0.4, 0.5) is 0 Å². The third-order valence-electron chi connectivity index (χ3n) is 4.05. The molecule has 0 aliphatic heterocycles. The normalized spacial score (nSPS) is 10.9. The molecule has 0 spiro atoms. The molecule has 2 N–H and O–H groups in total. The van der Waals surface area contributed by atoms with E-state index < -0.39 is 16.1 Å². The molecule has 0 amide bonds. The minimum absolute atomic E-state index is 0.0610. The van der Waals surface area contributed by atoms with Crippen LogP contribution in [0.15, 0.2) is 29.2 Å². The van der Waals surface area contributed by atoms with Crippen molar-refractivity contribution < 1.29 is 22.9 Å². The predicted octanol–water partition coefficient (Wildman–Crippen LogP) is 5.49. The first-order chi connectivity index (χ1) is 12.3. The second-order valence-corrected chi connectivity index (χ2v) is 7.92. The first-order valence-electron chi connectivity index (χ1n) is 9.54. The number of aryl methyl sites for hydroxylation is 1. The monoisotopic (exact) mass is 386 g/mol. The van der Waals surface area contributed by atoms with Crippen molar-refractivity contribution >= 4 is 16.1 Å². The third kappa shape index (κ3) is 13.8. The number of unbranched alkanes of at least 4 members (excludes halogenated alkanes) is 9. The van der Waals surface area contributed by atoms with Crippen LogP contribution in [-0.2, 0) is 21.3 Å². The van der Waals surface area contributed by atoms with Gasteiger partial charge in [-0.1, -0.05) is 82.9 Å². The van der Waals surface area contributed by atoms with Gasteiger partial charge in [-0.15, -0.1) is 0 Å². The number of rotatable bonds is 12. The number of carbonyl (C=O) groups is 1. The summed E-state index contributed by atoms with van der Waals surface area (Å²) in [6.45, 7) is 3.32. The Balaban J connectivity index is 0.00000141. The first kappa shape index (κ1) is 24.6. The van der Waals surface area contributed by atoms with Crippen LogP contribution in [-0.4, -0.2) is 24.0 Å². The van der Waals surface area contributed by atoms with Crippen molar-refractivity contribution in [1.29, 1.82) is 0 Å². The Morgan fingerprint density at radius 1 is 0.885 bits per heavy atom. The molecule has 5 nitrogen and oxygen atoms in total. The molecule has 0 saturated carbocycles. The van der Waals surface area contributed by atoms with Crippen LogP contribution in [0, 0.1) is 0 Å². The van der Waals surface area contributed by atoms with E-state index in [-0.39, 0.29) is 4.90 Å². The smallest absolute Gasteiger partial charge is 0.300 e. The van der Waals surface area contributed by atoms with Gasteiger partial charge in [0.2, 0.25) is 0 Å². The summed E-state index contributed by atoms with van der Waals surface area (Å²) in [4.78, 5) is 9.06. The minimum atomic E-state index is -4.10. The highest BCUT2D eigenvalue weighted by molar-refractivity contribution is 7.85. The fraction of sp³-hybridized carbons (Fsp3) is 0.650. The van der Waals surface area contributed by atoms with Crippen molar-refractivity contribution in [3.05, 3.63) is 29.8 Å². The number of aliphatic carboxylic acids is 1. The average Bonchev–Trinajstić information content (AvgIpc) is 2.55. The summed E-state index contributed by atoms with van der Waals surface area (Å²) < 4.78 is 31.8. The zero-order valence-electron chi connectivity index (χ0n) is 16.1. The number of carboxylic acid groups (broad SMARTS) is 1. The molecule has 0 radical (unpaired) electrons.